The van der Waals surface area contributed by atoms with Crippen LogP contribution >= 0.6 is 39.1 Å². The number of rotatable bonds is 6. The molecular weight excluding hydrogens is 369 g/mol. The highest BCUT2D eigenvalue weighted by atomic mass is 79.9. The smallest absolute Gasteiger partial charge is 0.0452 e. The molecule has 1 atom stereocenters. The molecule has 0 bridgehead atoms. The monoisotopic (exact) mass is 385 g/mol. The summed E-state index contributed by atoms with van der Waals surface area (Å²) in [5.74, 6) is 0.436. The van der Waals surface area contributed by atoms with Crippen LogP contribution in [0.4, 0.5) is 0 Å². The lowest BCUT2D eigenvalue weighted by molar-refractivity contribution is 0.492. The molecule has 0 aliphatic heterocycles. The number of hydrogen-bond acceptors (Lipinski definition) is 1. The molecule has 2 aromatic carbocycles. The Hall–Kier alpha value is -0.540. The van der Waals surface area contributed by atoms with Gasteiger partial charge in [0.2, 0.25) is 0 Å². The molecule has 0 saturated heterocycles. The zero-order chi connectivity index (χ0) is 15.2. The average molecular weight is 387 g/mol. The molecule has 0 heterocycles. The summed E-state index contributed by atoms with van der Waals surface area (Å²) in [5, 5.41) is 4.76. The van der Waals surface area contributed by atoms with E-state index in [0.29, 0.717) is 5.92 Å². The van der Waals surface area contributed by atoms with E-state index in [2.05, 4.69) is 39.4 Å². The van der Waals surface area contributed by atoms with Crippen LogP contribution in [-0.2, 0) is 12.8 Å². The quantitative estimate of drug-likeness (QED) is 0.702. The van der Waals surface area contributed by atoms with Gasteiger partial charge in [-0.15, -0.1) is 0 Å². The molecule has 2 aromatic rings. The maximum absolute atomic E-state index is 6.29. The summed E-state index contributed by atoms with van der Waals surface area (Å²) in [4.78, 5) is 0. The van der Waals surface area contributed by atoms with E-state index in [9.17, 15) is 0 Å². The van der Waals surface area contributed by atoms with Crippen molar-refractivity contribution in [1.82, 2.24) is 5.32 Å². The highest BCUT2D eigenvalue weighted by Gasteiger charge is 2.15. The van der Waals surface area contributed by atoms with E-state index in [1.54, 1.807) is 0 Å². The first kappa shape index (κ1) is 16.8. The standard InChI is InChI=1S/C17H18BrCl2N/c1-21-11-12(9-13-5-2-3-6-15(13)18)10-14-16(19)7-4-8-17(14)20/h2-8,12,21H,9-11H2,1H3. The van der Waals surface area contributed by atoms with Crippen molar-refractivity contribution < 1.29 is 0 Å². The molecule has 0 fully saturated rings. The third kappa shape index (κ3) is 4.72. The molecule has 0 radical (unpaired) electrons. The van der Waals surface area contributed by atoms with Crippen molar-refractivity contribution in [3.63, 3.8) is 0 Å². The highest BCUT2D eigenvalue weighted by Crippen LogP contribution is 2.29. The number of nitrogens with one attached hydrogen (secondary N) is 1. The first-order valence-corrected chi connectivity index (χ1v) is 8.47. The molecule has 0 saturated carbocycles. The van der Waals surface area contributed by atoms with Crippen LogP contribution in [0.25, 0.3) is 0 Å². The van der Waals surface area contributed by atoms with Gasteiger partial charge in [-0.3, -0.25) is 0 Å². The summed E-state index contributed by atoms with van der Waals surface area (Å²) in [6.45, 7) is 0.920. The first-order valence-electron chi connectivity index (χ1n) is 6.92. The number of hydrogen-bond donors (Lipinski definition) is 1. The predicted molar refractivity (Wildman–Crippen MR) is 95.4 cm³/mol. The number of halogens is 3. The van der Waals surface area contributed by atoms with Gasteiger partial charge >= 0.3 is 0 Å². The summed E-state index contributed by atoms with van der Waals surface area (Å²) in [5.41, 5.74) is 2.34. The Morgan fingerprint density at radius 2 is 1.67 bits per heavy atom. The van der Waals surface area contributed by atoms with E-state index in [-0.39, 0.29) is 0 Å². The lowest BCUT2D eigenvalue weighted by Crippen LogP contribution is -2.23. The largest absolute Gasteiger partial charge is 0.319 e. The predicted octanol–water partition coefficient (Wildman–Crippen LogP) is 5.38. The van der Waals surface area contributed by atoms with Gasteiger partial charge in [0, 0.05) is 14.5 Å². The fourth-order valence-electron chi connectivity index (χ4n) is 2.50. The zero-order valence-electron chi connectivity index (χ0n) is 11.9. The van der Waals surface area contributed by atoms with Gasteiger partial charge in [0.15, 0.2) is 0 Å². The van der Waals surface area contributed by atoms with E-state index in [4.69, 9.17) is 23.2 Å². The lowest BCUT2D eigenvalue weighted by atomic mass is 9.92. The molecule has 1 unspecified atom stereocenters. The Balaban J connectivity index is 2.18. The molecule has 112 valence electrons. The van der Waals surface area contributed by atoms with Crippen LogP contribution in [-0.4, -0.2) is 13.6 Å². The average Bonchev–Trinajstić information content (AvgIpc) is 2.45. The van der Waals surface area contributed by atoms with Gasteiger partial charge in [-0.05, 0) is 61.7 Å². The molecule has 0 amide bonds. The van der Waals surface area contributed by atoms with E-state index in [1.807, 2.05) is 31.3 Å². The topological polar surface area (TPSA) is 12.0 Å². The molecule has 0 aliphatic carbocycles. The summed E-state index contributed by atoms with van der Waals surface area (Å²) in [7, 11) is 1.97. The van der Waals surface area contributed by atoms with Gasteiger partial charge in [-0.2, -0.15) is 0 Å². The molecule has 2 rings (SSSR count). The fraction of sp³-hybridized carbons (Fsp3) is 0.294. The highest BCUT2D eigenvalue weighted by molar-refractivity contribution is 9.10. The van der Waals surface area contributed by atoms with E-state index in [1.165, 1.54) is 5.56 Å². The summed E-state index contributed by atoms with van der Waals surface area (Å²) >= 11 is 16.2. The third-order valence-electron chi connectivity index (χ3n) is 3.51. The van der Waals surface area contributed by atoms with Crippen LogP contribution < -0.4 is 5.32 Å². The second kappa shape index (κ2) is 8.19. The van der Waals surface area contributed by atoms with Crippen molar-refractivity contribution in [2.24, 2.45) is 5.92 Å². The van der Waals surface area contributed by atoms with Crippen molar-refractivity contribution in [1.29, 1.82) is 0 Å². The van der Waals surface area contributed by atoms with Crippen LogP contribution in [0.3, 0.4) is 0 Å². The van der Waals surface area contributed by atoms with Crippen molar-refractivity contribution in [2.45, 2.75) is 12.8 Å². The van der Waals surface area contributed by atoms with E-state index >= 15 is 0 Å². The van der Waals surface area contributed by atoms with Crippen molar-refractivity contribution in [3.8, 4) is 0 Å². The van der Waals surface area contributed by atoms with Gasteiger partial charge in [0.25, 0.3) is 0 Å². The van der Waals surface area contributed by atoms with Gasteiger partial charge in [-0.25, -0.2) is 0 Å². The molecular formula is C17H18BrCl2N. The molecule has 1 nitrogen and oxygen atoms in total. The minimum atomic E-state index is 0.436. The minimum absolute atomic E-state index is 0.436. The van der Waals surface area contributed by atoms with Crippen LogP contribution in [0, 0.1) is 5.92 Å². The molecule has 1 N–H and O–H groups in total. The normalized spacial score (nSPS) is 12.4. The maximum atomic E-state index is 6.29. The Morgan fingerprint density at radius 1 is 1.00 bits per heavy atom. The van der Waals surface area contributed by atoms with E-state index < -0.39 is 0 Å². The van der Waals surface area contributed by atoms with Gasteiger partial charge in [0.05, 0.1) is 0 Å². The Bertz CT molecular complexity index is 581. The minimum Gasteiger partial charge on any atom is -0.319 e. The van der Waals surface area contributed by atoms with Crippen LogP contribution in [0.1, 0.15) is 11.1 Å². The number of benzene rings is 2. The molecule has 0 spiro atoms. The van der Waals surface area contributed by atoms with E-state index in [0.717, 1.165) is 39.5 Å². The van der Waals surface area contributed by atoms with Crippen LogP contribution in [0.5, 0.6) is 0 Å². The summed E-state index contributed by atoms with van der Waals surface area (Å²) < 4.78 is 1.15. The molecule has 21 heavy (non-hydrogen) atoms. The van der Waals surface area contributed by atoms with Crippen LogP contribution in [0.15, 0.2) is 46.9 Å². The van der Waals surface area contributed by atoms with Crippen molar-refractivity contribution in [2.75, 3.05) is 13.6 Å². The molecule has 0 aliphatic rings. The third-order valence-corrected chi connectivity index (χ3v) is 5.00. The second-order valence-corrected chi connectivity index (χ2v) is 6.79. The van der Waals surface area contributed by atoms with Gasteiger partial charge in [-0.1, -0.05) is 63.4 Å². The Morgan fingerprint density at radius 3 is 2.29 bits per heavy atom. The fourth-order valence-corrected chi connectivity index (χ4v) is 3.49. The zero-order valence-corrected chi connectivity index (χ0v) is 15.0. The summed E-state index contributed by atoms with van der Waals surface area (Å²) in [6, 6.07) is 14.0. The van der Waals surface area contributed by atoms with Crippen LogP contribution in [0.2, 0.25) is 10.0 Å². The Labute approximate surface area is 144 Å². The second-order valence-electron chi connectivity index (χ2n) is 5.12. The van der Waals surface area contributed by atoms with Crippen molar-refractivity contribution in [3.05, 3.63) is 68.1 Å². The SMILES string of the molecule is CNCC(Cc1ccccc1Br)Cc1c(Cl)cccc1Cl. The van der Waals surface area contributed by atoms with Crippen molar-refractivity contribution >= 4 is 39.1 Å². The van der Waals surface area contributed by atoms with Gasteiger partial charge < -0.3 is 5.32 Å². The molecule has 4 heteroatoms. The lowest BCUT2D eigenvalue weighted by Gasteiger charge is -2.19. The maximum Gasteiger partial charge on any atom is 0.0452 e. The van der Waals surface area contributed by atoms with Gasteiger partial charge in [0.1, 0.15) is 0 Å². The first-order chi connectivity index (χ1) is 10.1. The summed E-state index contributed by atoms with van der Waals surface area (Å²) in [6.07, 6.45) is 1.84. The molecule has 0 aromatic heterocycles. The Kier molecular flexibility index (Phi) is 6.56.